The molecular formula is C22H17NO3S. The molecule has 0 aliphatic rings. The molecule has 0 aliphatic heterocycles. The molecule has 0 aliphatic carbocycles. The van der Waals surface area contributed by atoms with Gasteiger partial charge in [0.2, 0.25) is 0 Å². The second-order valence-corrected chi connectivity index (χ2v) is 6.31. The van der Waals surface area contributed by atoms with Gasteiger partial charge >= 0.3 is 5.97 Å². The van der Waals surface area contributed by atoms with Gasteiger partial charge in [-0.3, -0.25) is 4.79 Å². The number of hydrogen-bond donors (Lipinski definition) is 2. The monoisotopic (exact) mass is 375 g/mol. The van der Waals surface area contributed by atoms with Gasteiger partial charge < -0.3 is 10.1 Å². The van der Waals surface area contributed by atoms with Crippen molar-refractivity contribution in [2.45, 2.75) is 11.5 Å². The molecule has 0 spiro atoms. The smallest absolute Gasteiger partial charge is 0.384 e. The highest BCUT2D eigenvalue weighted by molar-refractivity contribution is 7.80. The molecular weight excluding hydrogens is 358 g/mol. The maximum atomic E-state index is 12.2. The Morgan fingerprint density at radius 3 is 2.56 bits per heavy atom. The third-order valence-electron chi connectivity index (χ3n) is 3.83. The largest absolute Gasteiger partial charge is 0.451 e. The first kappa shape index (κ1) is 18.6. The lowest BCUT2D eigenvalue weighted by Gasteiger charge is -2.04. The Hall–Kier alpha value is -3.23. The molecule has 5 heteroatoms. The molecule has 0 unspecified atom stereocenters. The minimum Gasteiger partial charge on any atom is -0.451 e. The van der Waals surface area contributed by atoms with Gasteiger partial charge in [0, 0.05) is 16.4 Å². The molecule has 27 heavy (non-hydrogen) atoms. The van der Waals surface area contributed by atoms with E-state index in [0.717, 1.165) is 21.2 Å². The fraction of sp³-hybridized carbons (Fsp3) is 0.0909. The average Bonchev–Trinajstić information content (AvgIpc) is 2.69. The highest BCUT2D eigenvalue weighted by Crippen LogP contribution is 2.19. The van der Waals surface area contributed by atoms with E-state index >= 15 is 0 Å². The first-order valence-electron chi connectivity index (χ1n) is 8.32. The summed E-state index contributed by atoms with van der Waals surface area (Å²) >= 11 is 4.31. The summed E-state index contributed by atoms with van der Waals surface area (Å²) < 4.78 is 5.05. The summed E-state index contributed by atoms with van der Waals surface area (Å²) in [5, 5.41) is 4.64. The van der Waals surface area contributed by atoms with E-state index in [2.05, 4.69) is 29.8 Å². The zero-order valence-corrected chi connectivity index (χ0v) is 15.3. The van der Waals surface area contributed by atoms with E-state index in [1.165, 1.54) is 0 Å². The molecule has 1 amide bonds. The van der Waals surface area contributed by atoms with Gasteiger partial charge in [-0.2, -0.15) is 0 Å². The van der Waals surface area contributed by atoms with Crippen LogP contribution in [0.3, 0.4) is 0 Å². The number of amides is 1. The van der Waals surface area contributed by atoms with Gasteiger partial charge in [0.25, 0.3) is 5.91 Å². The van der Waals surface area contributed by atoms with Crippen LogP contribution < -0.4 is 5.32 Å². The fourth-order valence-corrected chi connectivity index (χ4v) is 2.69. The predicted molar refractivity (Wildman–Crippen MR) is 108 cm³/mol. The summed E-state index contributed by atoms with van der Waals surface area (Å²) in [6.45, 7) is 0.231. The van der Waals surface area contributed by atoms with Crippen LogP contribution >= 0.6 is 12.6 Å². The van der Waals surface area contributed by atoms with E-state index < -0.39 is 5.97 Å². The summed E-state index contributed by atoms with van der Waals surface area (Å²) in [7, 11) is 0. The van der Waals surface area contributed by atoms with Crippen LogP contribution in [0.5, 0.6) is 0 Å². The Morgan fingerprint density at radius 2 is 1.74 bits per heavy atom. The van der Waals surface area contributed by atoms with Crippen LogP contribution in [0.4, 0.5) is 0 Å². The second kappa shape index (κ2) is 8.93. The molecule has 3 aromatic carbocycles. The van der Waals surface area contributed by atoms with Gasteiger partial charge in [-0.1, -0.05) is 48.4 Å². The molecule has 0 atom stereocenters. The maximum Gasteiger partial charge on any atom is 0.384 e. The standard InChI is InChI=1S/C22H17NO3S/c24-21(26-15-16-5-2-1-3-6-16)7-4-12-23-22(25)18-9-8-17-10-11-20(27)14-19(17)13-18/h1-3,5-6,8-11,13-14,27H,12,15H2,(H,23,25). The number of carbonyl (C=O) groups is 2. The van der Waals surface area contributed by atoms with E-state index in [4.69, 9.17) is 4.74 Å². The summed E-state index contributed by atoms with van der Waals surface area (Å²) in [6.07, 6.45) is 0. The highest BCUT2D eigenvalue weighted by atomic mass is 32.1. The molecule has 4 nitrogen and oxygen atoms in total. The predicted octanol–water partition coefficient (Wildman–Crippen LogP) is 3.61. The van der Waals surface area contributed by atoms with Crippen LogP contribution in [0.2, 0.25) is 0 Å². The Labute approximate surface area is 163 Å². The minimum atomic E-state index is -0.625. The van der Waals surface area contributed by atoms with Crippen molar-refractivity contribution < 1.29 is 14.3 Å². The molecule has 134 valence electrons. The molecule has 0 aromatic heterocycles. The molecule has 3 rings (SSSR count). The Balaban J connectivity index is 1.51. The van der Waals surface area contributed by atoms with E-state index in [1.54, 1.807) is 12.1 Å². The molecule has 0 heterocycles. The number of rotatable bonds is 4. The van der Waals surface area contributed by atoms with Gasteiger partial charge in [-0.05, 0) is 40.6 Å². The lowest BCUT2D eigenvalue weighted by molar-refractivity contribution is -0.137. The van der Waals surface area contributed by atoms with Gasteiger partial charge in [0.15, 0.2) is 0 Å². The van der Waals surface area contributed by atoms with Gasteiger partial charge in [0.1, 0.15) is 6.61 Å². The topological polar surface area (TPSA) is 55.4 Å². The van der Waals surface area contributed by atoms with Gasteiger partial charge in [0.05, 0.1) is 6.54 Å². The number of carbonyl (C=O) groups excluding carboxylic acids is 2. The first-order valence-corrected chi connectivity index (χ1v) is 8.77. The van der Waals surface area contributed by atoms with Crippen LogP contribution in [0.15, 0.2) is 71.6 Å². The highest BCUT2D eigenvalue weighted by Gasteiger charge is 2.05. The van der Waals surface area contributed by atoms with E-state index in [-0.39, 0.29) is 19.1 Å². The molecule has 0 fully saturated rings. The van der Waals surface area contributed by atoms with Crippen LogP contribution in [-0.4, -0.2) is 18.4 Å². The number of thiol groups is 1. The fourth-order valence-electron chi connectivity index (χ4n) is 2.48. The van der Waals surface area contributed by atoms with Crippen molar-refractivity contribution in [1.29, 1.82) is 0 Å². The molecule has 0 radical (unpaired) electrons. The zero-order chi connectivity index (χ0) is 19.1. The Morgan fingerprint density at radius 1 is 0.963 bits per heavy atom. The average molecular weight is 375 g/mol. The lowest BCUT2D eigenvalue weighted by atomic mass is 10.1. The molecule has 1 N–H and O–H groups in total. The maximum absolute atomic E-state index is 12.2. The number of ether oxygens (including phenoxy) is 1. The number of benzene rings is 3. The van der Waals surface area contributed by atoms with Crippen molar-refractivity contribution in [3.8, 4) is 11.8 Å². The van der Waals surface area contributed by atoms with E-state index in [1.807, 2.05) is 54.6 Å². The lowest BCUT2D eigenvalue weighted by Crippen LogP contribution is -2.23. The van der Waals surface area contributed by atoms with Crippen LogP contribution in [0.1, 0.15) is 15.9 Å². The summed E-state index contributed by atoms with van der Waals surface area (Å²) in [5.41, 5.74) is 1.41. The van der Waals surface area contributed by atoms with Crippen molar-refractivity contribution in [2.75, 3.05) is 6.54 Å². The SMILES string of the molecule is O=C(C#CCNC(=O)c1ccc2ccc(S)cc2c1)OCc1ccccc1. The number of esters is 1. The Bertz CT molecular complexity index is 1040. The van der Waals surface area contributed by atoms with Crippen molar-refractivity contribution in [2.24, 2.45) is 0 Å². The molecule has 0 saturated heterocycles. The number of fused-ring (bicyclic) bond motifs is 1. The summed E-state index contributed by atoms with van der Waals surface area (Å²) in [6, 6.07) is 20.5. The summed E-state index contributed by atoms with van der Waals surface area (Å²) in [4.78, 5) is 24.6. The Kier molecular flexibility index (Phi) is 6.14. The quantitative estimate of drug-likeness (QED) is 0.317. The number of nitrogens with one attached hydrogen (secondary N) is 1. The molecule has 3 aromatic rings. The van der Waals surface area contributed by atoms with Gasteiger partial charge in [-0.25, -0.2) is 4.79 Å². The number of hydrogen-bond acceptors (Lipinski definition) is 4. The normalized spacial score (nSPS) is 9.96. The first-order chi connectivity index (χ1) is 13.1. The van der Waals surface area contributed by atoms with E-state index in [9.17, 15) is 9.59 Å². The van der Waals surface area contributed by atoms with Crippen LogP contribution in [0, 0.1) is 11.8 Å². The third kappa shape index (κ3) is 5.37. The zero-order valence-electron chi connectivity index (χ0n) is 14.4. The van der Waals surface area contributed by atoms with Crippen molar-refractivity contribution in [3.63, 3.8) is 0 Å². The van der Waals surface area contributed by atoms with Crippen molar-refractivity contribution in [1.82, 2.24) is 5.32 Å². The van der Waals surface area contributed by atoms with Crippen LogP contribution in [-0.2, 0) is 16.1 Å². The second-order valence-electron chi connectivity index (χ2n) is 5.79. The summed E-state index contributed by atoms with van der Waals surface area (Å²) in [5.74, 6) is 4.08. The van der Waals surface area contributed by atoms with Crippen LogP contribution in [0.25, 0.3) is 10.8 Å². The molecule has 0 saturated carbocycles. The minimum absolute atomic E-state index is 0.0594. The van der Waals surface area contributed by atoms with Crippen molar-refractivity contribution in [3.05, 3.63) is 77.9 Å². The van der Waals surface area contributed by atoms with Crippen molar-refractivity contribution >= 4 is 35.3 Å². The van der Waals surface area contributed by atoms with Gasteiger partial charge in [-0.15, -0.1) is 12.6 Å². The molecule has 0 bridgehead atoms. The third-order valence-corrected chi connectivity index (χ3v) is 4.10. The van der Waals surface area contributed by atoms with E-state index in [0.29, 0.717) is 5.56 Å².